The molecule has 0 bridgehead atoms. The van der Waals surface area contributed by atoms with Gasteiger partial charge in [-0.15, -0.1) is 0 Å². The Balaban J connectivity index is 1.33. The van der Waals surface area contributed by atoms with Gasteiger partial charge in [0.2, 0.25) is 5.91 Å². The quantitative estimate of drug-likeness (QED) is 0.847. The first-order chi connectivity index (χ1) is 14.2. The van der Waals surface area contributed by atoms with Crippen LogP contribution >= 0.6 is 0 Å². The highest BCUT2D eigenvalue weighted by Crippen LogP contribution is 2.21. The van der Waals surface area contributed by atoms with Gasteiger partial charge in [-0.2, -0.15) is 0 Å². The van der Waals surface area contributed by atoms with Crippen LogP contribution in [0.25, 0.3) is 0 Å². The Labute approximate surface area is 172 Å². The minimum absolute atomic E-state index is 0.0342. The second-order valence-corrected chi connectivity index (χ2v) is 8.08. The lowest BCUT2D eigenvalue weighted by molar-refractivity contribution is -0.119. The summed E-state index contributed by atoms with van der Waals surface area (Å²) in [6, 6.07) is 18.1. The molecule has 4 rings (SSSR count). The number of anilines is 1. The summed E-state index contributed by atoms with van der Waals surface area (Å²) in [7, 11) is 0. The summed E-state index contributed by atoms with van der Waals surface area (Å²) in [6.07, 6.45) is 4.72. The second kappa shape index (κ2) is 9.23. The minimum Gasteiger partial charge on any atom is -0.348 e. The number of likely N-dealkylation sites (tertiary alicyclic amines) is 1. The molecule has 2 saturated heterocycles. The van der Waals surface area contributed by atoms with Crippen LogP contribution in [0.3, 0.4) is 0 Å². The first-order valence-electron chi connectivity index (χ1n) is 10.7. The van der Waals surface area contributed by atoms with E-state index in [4.69, 9.17) is 0 Å². The SMILES string of the molecule is O=C(NC1CCCN(Cc2ccccc2)C1)c1ccc(N2CCCCC2=O)cc1. The van der Waals surface area contributed by atoms with Crippen molar-refractivity contribution >= 4 is 17.5 Å². The van der Waals surface area contributed by atoms with Gasteiger partial charge in [-0.25, -0.2) is 0 Å². The molecular formula is C24H29N3O2. The van der Waals surface area contributed by atoms with Gasteiger partial charge in [-0.1, -0.05) is 30.3 Å². The Morgan fingerprint density at radius 3 is 2.52 bits per heavy atom. The lowest BCUT2D eigenvalue weighted by Crippen LogP contribution is -2.47. The van der Waals surface area contributed by atoms with E-state index in [1.54, 1.807) is 0 Å². The average Bonchev–Trinajstić information content (AvgIpc) is 2.75. The third kappa shape index (κ3) is 5.04. The molecule has 5 heteroatoms. The summed E-state index contributed by atoms with van der Waals surface area (Å²) in [5.74, 6) is 0.141. The van der Waals surface area contributed by atoms with E-state index < -0.39 is 0 Å². The fourth-order valence-corrected chi connectivity index (χ4v) is 4.30. The van der Waals surface area contributed by atoms with Gasteiger partial charge < -0.3 is 10.2 Å². The number of rotatable bonds is 5. The number of benzene rings is 2. The van der Waals surface area contributed by atoms with Crippen LogP contribution in [-0.4, -0.2) is 42.4 Å². The van der Waals surface area contributed by atoms with Crippen molar-refractivity contribution in [2.75, 3.05) is 24.5 Å². The van der Waals surface area contributed by atoms with Gasteiger partial charge in [0.15, 0.2) is 0 Å². The van der Waals surface area contributed by atoms with E-state index >= 15 is 0 Å². The number of carbonyl (C=O) groups is 2. The van der Waals surface area contributed by atoms with E-state index in [0.717, 1.165) is 57.5 Å². The van der Waals surface area contributed by atoms with E-state index in [0.29, 0.717) is 12.0 Å². The van der Waals surface area contributed by atoms with Gasteiger partial charge in [0.1, 0.15) is 0 Å². The van der Waals surface area contributed by atoms with E-state index in [9.17, 15) is 9.59 Å². The van der Waals surface area contributed by atoms with Crippen molar-refractivity contribution in [2.24, 2.45) is 0 Å². The molecule has 0 aliphatic carbocycles. The molecular weight excluding hydrogens is 362 g/mol. The molecule has 2 fully saturated rings. The Morgan fingerprint density at radius 2 is 1.76 bits per heavy atom. The van der Waals surface area contributed by atoms with Crippen molar-refractivity contribution in [1.82, 2.24) is 10.2 Å². The zero-order valence-corrected chi connectivity index (χ0v) is 16.8. The van der Waals surface area contributed by atoms with E-state index in [-0.39, 0.29) is 17.9 Å². The lowest BCUT2D eigenvalue weighted by Gasteiger charge is -2.33. The molecule has 29 heavy (non-hydrogen) atoms. The summed E-state index contributed by atoms with van der Waals surface area (Å²) >= 11 is 0. The van der Waals surface area contributed by atoms with Crippen LogP contribution in [-0.2, 0) is 11.3 Å². The maximum Gasteiger partial charge on any atom is 0.251 e. The third-order valence-electron chi connectivity index (χ3n) is 5.85. The van der Waals surface area contributed by atoms with Crippen LogP contribution in [0.15, 0.2) is 54.6 Å². The highest BCUT2D eigenvalue weighted by molar-refractivity contribution is 5.97. The van der Waals surface area contributed by atoms with Crippen molar-refractivity contribution in [1.29, 1.82) is 0 Å². The van der Waals surface area contributed by atoms with Crippen LogP contribution in [0, 0.1) is 0 Å². The van der Waals surface area contributed by atoms with Crippen molar-refractivity contribution in [2.45, 2.75) is 44.7 Å². The smallest absolute Gasteiger partial charge is 0.251 e. The molecule has 2 aromatic carbocycles. The van der Waals surface area contributed by atoms with Gasteiger partial charge in [0, 0.05) is 43.3 Å². The predicted octanol–water partition coefficient (Wildman–Crippen LogP) is 3.60. The first-order valence-corrected chi connectivity index (χ1v) is 10.7. The Morgan fingerprint density at radius 1 is 0.966 bits per heavy atom. The molecule has 2 aliphatic heterocycles. The monoisotopic (exact) mass is 391 g/mol. The Kier molecular flexibility index (Phi) is 6.25. The number of amides is 2. The fourth-order valence-electron chi connectivity index (χ4n) is 4.30. The van der Waals surface area contributed by atoms with Crippen molar-refractivity contribution < 1.29 is 9.59 Å². The molecule has 0 aromatic heterocycles. The molecule has 1 N–H and O–H groups in total. The largest absolute Gasteiger partial charge is 0.348 e. The number of nitrogens with one attached hydrogen (secondary N) is 1. The average molecular weight is 392 g/mol. The molecule has 2 aromatic rings. The predicted molar refractivity (Wildman–Crippen MR) is 115 cm³/mol. The summed E-state index contributed by atoms with van der Waals surface area (Å²) in [4.78, 5) is 29.0. The number of hydrogen-bond acceptors (Lipinski definition) is 3. The number of hydrogen-bond donors (Lipinski definition) is 1. The highest BCUT2D eigenvalue weighted by Gasteiger charge is 2.23. The molecule has 0 radical (unpaired) electrons. The summed E-state index contributed by atoms with van der Waals surface area (Å²) in [6.45, 7) is 3.64. The Bertz CT molecular complexity index is 835. The topological polar surface area (TPSA) is 52.7 Å². The maximum absolute atomic E-state index is 12.7. The van der Waals surface area contributed by atoms with E-state index in [1.165, 1.54) is 5.56 Å². The van der Waals surface area contributed by atoms with Gasteiger partial charge in [0.05, 0.1) is 0 Å². The molecule has 152 valence electrons. The van der Waals surface area contributed by atoms with Crippen LogP contribution in [0.2, 0.25) is 0 Å². The number of piperidine rings is 2. The highest BCUT2D eigenvalue weighted by atomic mass is 16.2. The molecule has 1 atom stereocenters. The van der Waals surface area contributed by atoms with Gasteiger partial charge in [-0.05, 0) is 62.1 Å². The second-order valence-electron chi connectivity index (χ2n) is 8.08. The Hall–Kier alpha value is -2.66. The van der Waals surface area contributed by atoms with Crippen molar-refractivity contribution in [3.63, 3.8) is 0 Å². The molecule has 2 amide bonds. The first kappa shape index (κ1) is 19.6. The molecule has 2 heterocycles. The van der Waals surface area contributed by atoms with Crippen molar-refractivity contribution in [3.8, 4) is 0 Å². The zero-order valence-electron chi connectivity index (χ0n) is 16.8. The fraction of sp³-hybridized carbons (Fsp3) is 0.417. The zero-order chi connectivity index (χ0) is 20.1. The standard InChI is InChI=1S/C24H29N3O2/c28-23-10-4-5-16-27(23)22-13-11-20(12-14-22)24(29)25-21-9-6-15-26(18-21)17-19-7-2-1-3-8-19/h1-3,7-8,11-14,21H,4-6,9-10,15-18H2,(H,25,29). The van der Waals surface area contributed by atoms with Crippen LogP contribution in [0.5, 0.6) is 0 Å². The molecule has 0 saturated carbocycles. The minimum atomic E-state index is -0.0342. The summed E-state index contributed by atoms with van der Waals surface area (Å²) in [5, 5.41) is 3.20. The maximum atomic E-state index is 12.7. The van der Waals surface area contributed by atoms with E-state index in [2.05, 4.69) is 34.5 Å². The van der Waals surface area contributed by atoms with Gasteiger partial charge >= 0.3 is 0 Å². The molecule has 2 aliphatic rings. The van der Waals surface area contributed by atoms with Crippen LogP contribution in [0.4, 0.5) is 5.69 Å². The molecule has 5 nitrogen and oxygen atoms in total. The number of carbonyl (C=O) groups excluding carboxylic acids is 2. The number of nitrogens with zero attached hydrogens (tertiary/aromatic N) is 2. The summed E-state index contributed by atoms with van der Waals surface area (Å²) in [5.41, 5.74) is 2.85. The summed E-state index contributed by atoms with van der Waals surface area (Å²) < 4.78 is 0. The third-order valence-corrected chi connectivity index (χ3v) is 5.85. The van der Waals surface area contributed by atoms with Crippen LogP contribution < -0.4 is 10.2 Å². The normalized spacial score (nSPS) is 20.5. The van der Waals surface area contributed by atoms with Gasteiger partial charge in [-0.3, -0.25) is 14.5 Å². The van der Waals surface area contributed by atoms with Gasteiger partial charge in [0.25, 0.3) is 5.91 Å². The van der Waals surface area contributed by atoms with Crippen LogP contribution in [0.1, 0.15) is 48.0 Å². The van der Waals surface area contributed by atoms with Crippen molar-refractivity contribution in [3.05, 3.63) is 65.7 Å². The lowest BCUT2D eigenvalue weighted by atomic mass is 10.0. The molecule has 0 spiro atoms. The molecule has 1 unspecified atom stereocenters. The van der Waals surface area contributed by atoms with E-state index in [1.807, 2.05) is 35.2 Å².